The van der Waals surface area contributed by atoms with E-state index in [1.807, 2.05) is 0 Å². The summed E-state index contributed by atoms with van der Waals surface area (Å²) in [6.45, 7) is 0.712. The molecule has 0 bridgehead atoms. The standard InChI is InChI=1S/C8H7F3O.C2H4O2/c9-8(10,11)7-3-1-2-6(4-7)5-12;1-2(3)4/h1-4,12H,5H2;1H3,(H,3,4). The summed E-state index contributed by atoms with van der Waals surface area (Å²) in [5, 5.41) is 16.0. The van der Waals surface area contributed by atoms with Crippen molar-refractivity contribution in [3.05, 3.63) is 35.4 Å². The van der Waals surface area contributed by atoms with Crippen molar-refractivity contribution in [2.24, 2.45) is 0 Å². The molecule has 90 valence electrons. The average Bonchev–Trinajstić information content (AvgIpc) is 2.16. The van der Waals surface area contributed by atoms with Crippen LogP contribution in [0.3, 0.4) is 0 Å². The third kappa shape index (κ3) is 6.02. The largest absolute Gasteiger partial charge is 0.481 e. The summed E-state index contributed by atoms with van der Waals surface area (Å²) in [5.41, 5.74) is -0.459. The number of benzene rings is 1. The molecule has 6 heteroatoms. The molecule has 2 N–H and O–H groups in total. The molecule has 0 saturated carbocycles. The third-order valence-corrected chi connectivity index (χ3v) is 1.44. The molecule has 1 rings (SSSR count). The highest BCUT2D eigenvalue weighted by Crippen LogP contribution is 2.29. The van der Waals surface area contributed by atoms with Crippen molar-refractivity contribution < 1.29 is 28.2 Å². The van der Waals surface area contributed by atoms with Crippen LogP contribution in [0.2, 0.25) is 0 Å². The highest BCUT2D eigenvalue weighted by atomic mass is 19.4. The molecule has 0 unspecified atom stereocenters. The fourth-order valence-electron chi connectivity index (χ4n) is 0.846. The van der Waals surface area contributed by atoms with Gasteiger partial charge in [0.2, 0.25) is 0 Å². The Morgan fingerprint density at radius 2 is 1.88 bits per heavy atom. The number of hydrogen-bond acceptors (Lipinski definition) is 2. The van der Waals surface area contributed by atoms with Crippen molar-refractivity contribution in [3.63, 3.8) is 0 Å². The molecule has 0 aliphatic rings. The molecule has 1 aromatic carbocycles. The lowest BCUT2D eigenvalue weighted by atomic mass is 10.1. The highest BCUT2D eigenvalue weighted by molar-refractivity contribution is 5.62. The van der Waals surface area contributed by atoms with E-state index in [2.05, 4.69) is 0 Å². The normalized spacial score (nSPS) is 10.3. The van der Waals surface area contributed by atoms with Gasteiger partial charge in [-0.25, -0.2) is 0 Å². The van der Waals surface area contributed by atoms with Crippen LogP contribution in [0.4, 0.5) is 13.2 Å². The van der Waals surface area contributed by atoms with Crippen molar-refractivity contribution >= 4 is 5.97 Å². The van der Waals surface area contributed by atoms with E-state index in [9.17, 15) is 13.2 Å². The van der Waals surface area contributed by atoms with Gasteiger partial charge in [0.05, 0.1) is 12.2 Å². The van der Waals surface area contributed by atoms with E-state index in [1.54, 1.807) is 0 Å². The summed E-state index contributed by atoms with van der Waals surface area (Å²) >= 11 is 0. The van der Waals surface area contributed by atoms with Crippen molar-refractivity contribution in [2.75, 3.05) is 0 Å². The first-order valence-corrected chi connectivity index (χ1v) is 4.24. The highest BCUT2D eigenvalue weighted by Gasteiger charge is 2.30. The summed E-state index contributed by atoms with van der Waals surface area (Å²) in [5.74, 6) is -0.833. The molecule has 0 aliphatic carbocycles. The first-order valence-electron chi connectivity index (χ1n) is 4.24. The Bertz CT molecular complexity index is 343. The zero-order chi connectivity index (χ0) is 12.8. The number of aliphatic hydroxyl groups is 1. The lowest BCUT2D eigenvalue weighted by Gasteiger charge is -2.06. The monoisotopic (exact) mass is 236 g/mol. The van der Waals surface area contributed by atoms with Gasteiger partial charge < -0.3 is 10.2 Å². The van der Waals surface area contributed by atoms with Gasteiger partial charge in [0.1, 0.15) is 0 Å². The predicted molar refractivity (Wildman–Crippen MR) is 50.7 cm³/mol. The minimum atomic E-state index is -4.33. The van der Waals surface area contributed by atoms with Crippen LogP contribution in [-0.4, -0.2) is 16.2 Å². The van der Waals surface area contributed by atoms with E-state index >= 15 is 0 Å². The number of rotatable bonds is 1. The van der Waals surface area contributed by atoms with Crippen LogP contribution in [-0.2, 0) is 17.6 Å². The molecule has 0 atom stereocenters. The van der Waals surface area contributed by atoms with Gasteiger partial charge in [-0.05, 0) is 17.7 Å². The number of alkyl halides is 3. The SMILES string of the molecule is CC(=O)O.OCc1cccc(C(F)(F)F)c1. The minimum absolute atomic E-state index is 0.268. The van der Waals surface area contributed by atoms with Crippen LogP contribution in [0.1, 0.15) is 18.1 Å². The summed E-state index contributed by atoms with van der Waals surface area (Å²) in [6.07, 6.45) is -4.33. The Morgan fingerprint density at radius 1 is 1.38 bits per heavy atom. The van der Waals surface area contributed by atoms with E-state index in [4.69, 9.17) is 15.0 Å². The number of hydrogen-bond donors (Lipinski definition) is 2. The van der Waals surface area contributed by atoms with Crippen LogP contribution >= 0.6 is 0 Å². The third-order valence-electron chi connectivity index (χ3n) is 1.44. The van der Waals surface area contributed by atoms with Crippen LogP contribution in [0.5, 0.6) is 0 Å². The van der Waals surface area contributed by atoms with Crippen molar-refractivity contribution in [2.45, 2.75) is 19.7 Å². The zero-order valence-electron chi connectivity index (χ0n) is 8.45. The van der Waals surface area contributed by atoms with Gasteiger partial charge in [-0.1, -0.05) is 12.1 Å². The van der Waals surface area contributed by atoms with Crippen LogP contribution < -0.4 is 0 Å². The van der Waals surface area contributed by atoms with Gasteiger partial charge in [0, 0.05) is 6.92 Å². The van der Waals surface area contributed by atoms with Crippen LogP contribution in [0, 0.1) is 0 Å². The Kier molecular flexibility index (Phi) is 5.52. The molecule has 0 aromatic heterocycles. The van der Waals surface area contributed by atoms with Crippen molar-refractivity contribution in [1.29, 1.82) is 0 Å². The van der Waals surface area contributed by atoms with Gasteiger partial charge in [0.15, 0.2) is 0 Å². The van der Waals surface area contributed by atoms with E-state index in [1.165, 1.54) is 12.1 Å². The van der Waals surface area contributed by atoms with E-state index in [0.29, 0.717) is 0 Å². The summed E-state index contributed by atoms with van der Waals surface area (Å²) in [4.78, 5) is 9.00. The van der Waals surface area contributed by atoms with Crippen molar-refractivity contribution in [3.8, 4) is 0 Å². The number of halogens is 3. The molecule has 0 saturated heterocycles. The van der Waals surface area contributed by atoms with Gasteiger partial charge in [-0.3, -0.25) is 4.79 Å². The maximum atomic E-state index is 12.0. The lowest BCUT2D eigenvalue weighted by Crippen LogP contribution is -2.05. The molecule has 0 fully saturated rings. The topological polar surface area (TPSA) is 57.5 Å². The number of carboxylic acid groups (broad SMARTS) is 1. The molecular weight excluding hydrogens is 225 g/mol. The van der Waals surface area contributed by atoms with E-state index < -0.39 is 17.7 Å². The molecule has 0 heterocycles. The van der Waals surface area contributed by atoms with Crippen LogP contribution in [0.15, 0.2) is 24.3 Å². The first kappa shape index (κ1) is 14.4. The number of carboxylic acids is 1. The predicted octanol–water partition coefficient (Wildman–Crippen LogP) is 2.29. The Labute approximate surface area is 90.1 Å². The lowest BCUT2D eigenvalue weighted by molar-refractivity contribution is -0.137. The average molecular weight is 236 g/mol. The molecule has 3 nitrogen and oxygen atoms in total. The molecule has 1 aromatic rings. The fraction of sp³-hybridized carbons (Fsp3) is 0.300. The maximum Gasteiger partial charge on any atom is 0.416 e. The number of aliphatic hydroxyl groups excluding tert-OH is 1. The minimum Gasteiger partial charge on any atom is -0.481 e. The Morgan fingerprint density at radius 3 is 2.25 bits per heavy atom. The molecule has 0 spiro atoms. The molecule has 16 heavy (non-hydrogen) atoms. The fourth-order valence-corrected chi connectivity index (χ4v) is 0.846. The summed E-state index contributed by atoms with van der Waals surface area (Å²) in [7, 11) is 0. The molecule has 0 amide bonds. The van der Waals surface area contributed by atoms with Gasteiger partial charge in [-0.2, -0.15) is 13.2 Å². The summed E-state index contributed by atoms with van der Waals surface area (Å²) in [6, 6.07) is 4.61. The Hall–Kier alpha value is -1.56. The second kappa shape index (κ2) is 6.12. The second-order valence-corrected chi connectivity index (χ2v) is 2.88. The number of aliphatic carboxylic acids is 1. The smallest absolute Gasteiger partial charge is 0.416 e. The quantitative estimate of drug-likeness (QED) is 0.786. The van der Waals surface area contributed by atoms with Crippen molar-refractivity contribution in [1.82, 2.24) is 0 Å². The maximum absolute atomic E-state index is 12.0. The van der Waals surface area contributed by atoms with Gasteiger partial charge in [-0.15, -0.1) is 0 Å². The van der Waals surface area contributed by atoms with E-state index in [-0.39, 0.29) is 12.2 Å². The van der Waals surface area contributed by atoms with Crippen LogP contribution in [0.25, 0.3) is 0 Å². The van der Waals surface area contributed by atoms with Gasteiger partial charge >= 0.3 is 6.18 Å². The summed E-state index contributed by atoms with van der Waals surface area (Å²) < 4.78 is 36.1. The van der Waals surface area contributed by atoms with Gasteiger partial charge in [0.25, 0.3) is 5.97 Å². The zero-order valence-corrected chi connectivity index (χ0v) is 8.45. The first-order chi connectivity index (χ1) is 7.27. The Balaban J connectivity index is 0.000000487. The number of carbonyl (C=O) groups is 1. The molecular formula is C10H11F3O3. The molecule has 0 aliphatic heterocycles. The van der Waals surface area contributed by atoms with E-state index in [0.717, 1.165) is 19.1 Å². The molecule has 0 radical (unpaired) electrons. The second-order valence-electron chi connectivity index (χ2n) is 2.88.